The molecule has 36 heavy (non-hydrogen) atoms. The van der Waals surface area contributed by atoms with Gasteiger partial charge in [-0.15, -0.1) is 12.4 Å². The number of para-hydroxylation sites is 1. The molecule has 0 unspecified atom stereocenters. The van der Waals surface area contributed by atoms with Crippen molar-refractivity contribution in [3.63, 3.8) is 0 Å². The fourth-order valence-corrected chi connectivity index (χ4v) is 5.97. The maximum atomic E-state index is 13.8. The second kappa shape index (κ2) is 12.0. The SMILES string of the molecule is CN(C)CCN(C(=O)CC(c1ccccc1)c1ccccc1)c1nc2c(S(C)(=O)=O)cccc2s1.Cl. The van der Waals surface area contributed by atoms with Gasteiger partial charge < -0.3 is 4.90 Å². The van der Waals surface area contributed by atoms with E-state index in [4.69, 9.17) is 0 Å². The first-order valence-electron chi connectivity index (χ1n) is 11.4. The molecule has 0 aliphatic heterocycles. The molecule has 0 saturated heterocycles. The summed E-state index contributed by atoms with van der Waals surface area (Å²) in [6.45, 7) is 1.11. The molecule has 1 aromatic heterocycles. The Kier molecular flexibility index (Phi) is 9.24. The lowest BCUT2D eigenvalue weighted by atomic mass is 9.88. The average Bonchev–Trinajstić information content (AvgIpc) is 3.26. The first-order valence-corrected chi connectivity index (χ1v) is 14.1. The number of carbonyl (C=O) groups excluding carboxylic acids is 1. The molecular weight excluding hydrogens is 514 g/mol. The lowest BCUT2D eigenvalue weighted by Crippen LogP contribution is -2.37. The van der Waals surface area contributed by atoms with Gasteiger partial charge in [0, 0.05) is 31.7 Å². The molecule has 0 saturated carbocycles. The predicted octanol–water partition coefficient (Wildman–Crippen LogP) is 5.24. The summed E-state index contributed by atoms with van der Waals surface area (Å²) < 4.78 is 25.4. The van der Waals surface area contributed by atoms with Crippen molar-refractivity contribution in [2.24, 2.45) is 0 Å². The van der Waals surface area contributed by atoms with Crippen LogP contribution >= 0.6 is 23.7 Å². The van der Waals surface area contributed by atoms with Crippen LogP contribution in [0.25, 0.3) is 10.2 Å². The number of thiazole rings is 1. The van der Waals surface area contributed by atoms with Gasteiger partial charge in [-0.1, -0.05) is 78.1 Å². The van der Waals surface area contributed by atoms with Gasteiger partial charge in [-0.05, 0) is 37.4 Å². The molecule has 9 heteroatoms. The molecule has 4 rings (SSSR count). The molecule has 190 valence electrons. The number of aromatic nitrogens is 1. The Morgan fingerprint density at radius 3 is 2.00 bits per heavy atom. The smallest absolute Gasteiger partial charge is 0.229 e. The molecule has 6 nitrogen and oxygen atoms in total. The lowest BCUT2D eigenvalue weighted by Gasteiger charge is -2.25. The van der Waals surface area contributed by atoms with E-state index >= 15 is 0 Å². The Balaban J connectivity index is 0.00000361. The van der Waals surface area contributed by atoms with Crippen LogP contribution in [-0.4, -0.2) is 57.6 Å². The van der Waals surface area contributed by atoms with E-state index in [1.807, 2.05) is 85.7 Å². The van der Waals surface area contributed by atoms with Crippen LogP contribution in [0, 0.1) is 0 Å². The maximum absolute atomic E-state index is 13.8. The van der Waals surface area contributed by atoms with Crippen LogP contribution in [0.4, 0.5) is 5.13 Å². The highest BCUT2D eigenvalue weighted by Gasteiger charge is 2.26. The van der Waals surface area contributed by atoms with E-state index in [0.717, 1.165) is 15.8 Å². The van der Waals surface area contributed by atoms with Gasteiger partial charge in [0.1, 0.15) is 5.52 Å². The van der Waals surface area contributed by atoms with Crippen molar-refractivity contribution in [1.82, 2.24) is 9.88 Å². The molecular formula is C27H30ClN3O3S2. The highest BCUT2D eigenvalue weighted by molar-refractivity contribution is 7.91. The van der Waals surface area contributed by atoms with Gasteiger partial charge in [-0.2, -0.15) is 0 Å². The van der Waals surface area contributed by atoms with Crippen LogP contribution in [0.5, 0.6) is 0 Å². The van der Waals surface area contributed by atoms with Crippen molar-refractivity contribution in [1.29, 1.82) is 0 Å². The number of sulfone groups is 1. The first-order chi connectivity index (χ1) is 16.7. The normalized spacial score (nSPS) is 11.6. The number of fused-ring (bicyclic) bond motifs is 1. The molecule has 0 bridgehead atoms. The second-order valence-corrected chi connectivity index (χ2v) is 11.8. The van der Waals surface area contributed by atoms with Gasteiger partial charge in [0.2, 0.25) is 5.91 Å². The fraction of sp³-hybridized carbons (Fsp3) is 0.259. The van der Waals surface area contributed by atoms with Crippen LogP contribution in [0.1, 0.15) is 23.5 Å². The van der Waals surface area contributed by atoms with Crippen molar-refractivity contribution in [3.8, 4) is 0 Å². The van der Waals surface area contributed by atoms with Crippen LogP contribution in [0.3, 0.4) is 0 Å². The Morgan fingerprint density at radius 1 is 0.889 bits per heavy atom. The largest absolute Gasteiger partial charge is 0.308 e. The van der Waals surface area contributed by atoms with Crippen LogP contribution in [-0.2, 0) is 14.6 Å². The predicted molar refractivity (Wildman–Crippen MR) is 150 cm³/mol. The zero-order valence-electron chi connectivity index (χ0n) is 20.5. The van der Waals surface area contributed by atoms with Gasteiger partial charge >= 0.3 is 0 Å². The summed E-state index contributed by atoms with van der Waals surface area (Å²) in [5.41, 5.74) is 2.56. The number of amides is 1. The molecule has 0 N–H and O–H groups in total. The van der Waals surface area contributed by atoms with Crippen LogP contribution in [0.15, 0.2) is 83.8 Å². The number of nitrogens with zero attached hydrogens (tertiary/aromatic N) is 3. The minimum atomic E-state index is -3.45. The number of rotatable bonds is 9. The number of benzene rings is 3. The Labute approximate surface area is 222 Å². The van der Waals surface area contributed by atoms with E-state index in [9.17, 15) is 13.2 Å². The summed E-state index contributed by atoms with van der Waals surface area (Å²) in [7, 11) is 0.469. The van der Waals surface area contributed by atoms with E-state index in [1.165, 1.54) is 17.6 Å². The Morgan fingerprint density at radius 2 is 1.47 bits per heavy atom. The van der Waals surface area contributed by atoms with Crippen LogP contribution < -0.4 is 4.90 Å². The zero-order chi connectivity index (χ0) is 25.0. The molecule has 4 aromatic rings. The quantitative estimate of drug-likeness (QED) is 0.289. The number of hydrogen-bond donors (Lipinski definition) is 0. The molecule has 0 radical (unpaired) electrons. The van der Waals surface area contributed by atoms with Crippen molar-refractivity contribution < 1.29 is 13.2 Å². The third-order valence-corrected chi connectivity index (χ3v) is 8.03. The van der Waals surface area contributed by atoms with Crippen molar-refractivity contribution in [2.75, 3.05) is 38.3 Å². The zero-order valence-corrected chi connectivity index (χ0v) is 22.9. The summed E-state index contributed by atoms with van der Waals surface area (Å²) in [6, 6.07) is 25.2. The van der Waals surface area contributed by atoms with E-state index in [2.05, 4.69) is 4.98 Å². The standard InChI is InChI=1S/C27H29N3O3S2.ClH/c1-29(2)17-18-30(27-28-26-23(34-27)15-10-16-24(26)35(3,32)33)25(31)19-22(20-11-6-4-7-12-20)21-13-8-5-9-14-21;/h4-16,22H,17-19H2,1-3H3;1H. The summed E-state index contributed by atoms with van der Waals surface area (Å²) >= 11 is 1.35. The monoisotopic (exact) mass is 543 g/mol. The van der Waals surface area contributed by atoms with Crippen molar-refractivity contribution in [2.45, 2.75) is 17.2 Å². The number of likely N-dealkylation sites (N-methyl/N-ethyl adjacent to an activating group) is 1. The molecule has 0 atom stereocenters. The molecule has 3 aromatic carbocycles. The van der Waals surface area contributed by atoms with Crippen LogP contribution in [0.2, 0.25) is 0 Å². The molecule has 0 spiro atoms. The molecule has 1 heterocycles. The first kappa shape index (κ1) is 27.8. The van der Waals surface area contributed by atoms with Gasteiger partial charge in [0.15, 0.2) is 15.0 Å². The van der Waals surface area contributed by atoms with E-state index in [1.54, 1.807) is 17.0 Å². The minimum Gasteiger partial charge on any atom is -0.308 e. The molecule has 0 fully saturated rings. The average molecular weight is 544 g/mol. The maximum Gasteiger partial charge on any atom is 0.229 e. The molecule has 0 aliphatic carbocycles. The summed E-state index contributed by atoms with van der Waals surface area (Å²) in [4.78, 5) is 22.4. The Bertz CT molecular complexity index is 1370. The van der Waals surface area contributed by atoms with Gasteiger partial charge in [-0.3, -0.25) is 9.69 Å². The van der Waals surface area contributed by atoms with E-state index in [-0.39, 0.29) is 35.5 Å². The number of hydrogen-bond acceptors (Lipinski definition) is 6. The highest BCUT2D eigenvalue weighted by Crippen LogP contribution is 2.35. The Hall–Kier alpha value is -2.78. The van der Waals surface area contributed by atoms with Gasteiger partial charge in [0.25, 0.3) is 0 Å². The molecule has 0 aliphatic rings. The molecule has 1 amide bonds. The number of anilines is 1. The summed E-state index contributed by atoms with van der Waals surface area (Å²) in [5, 5.41) is 0.517. The van der Waals surface area contributed by atoms with E-state index in [0.29, 0.717) is 23.7 Å². The summed E-state index contributed by atoms with van der Waals surface area (Å²) in [6.07, 6.45) is 1.45. The number of halogens is 1. The van der Waals surface area contributed by atoms with Gasteiger partial charge in [-0.25, -0.2) is 13.4 Å². The summed E-state index contributed by atoms with van der Waals surface area (Å²) in [5.74, 6) is -0.155. The number of carbonyl (C=O) groups is 1. The second-order valence-electron chi connectivity index (χ2n) is 8.80. The lowest BCUT2D eigenvalue weighted by molar-refractivity contribution is -0.118. The third-order valence-electron chi connectivity index (χ3n) is 5.86. The fourth-order valence-electron chi connectivity index (χ4n) is 4.04. The van der Waals surface area contributed by atoms with Gasteiger partial charge in [0.05, 0.1) is 9.60 Å². The van der Waals surface area contributed by atoms with Crippen molar-refractivity contribution in [3.05, 3.63) is 90.0 Å². The third kappa shape index (κ3) is 6.50. The minimum absolute atomic E-state index is 0. The van der Waals surface area contributed by atoms with E-state index < -0.39 is 9.84 Å². The van der Waals surface area contributed by atoms with Crippen molar-refractivity contribution >= 4 is 54.8 Å². The topological polar surface area (TPSA) is 70.6 Å². The highest BCUT2D eigenvalue weighted by atomic mass is 35.5.